The lowest BCUT2D eigenvalue weighted by atomic mass is 10.2. The van der Waals surface area contributed by atoms with E-state index in [0.29, 0.717) is 6.54 Å². The van der Waals surface area contributed by atoms with Gasteiger partial charge in [-0.05, 0) is 44.5 Å². The molecule has 0 saturated heterocycles. The van der Waals surface area contributed by atoms with Crippen molar-refractivity contribution >= 4 is 21.8 Å². The van der Waals surface area contributed by atoms with E-state index in [4.69, 9.17) is 5.73 Å². The van der Waals surface area contributed by atoms with Crippen molar-refractivity contribution in [2.75, 3.05) is 6.54 Å². The highest BCUT2D eigenvalue weighted by Gasteiger charge is 2.12. The van der Waals surface area contributed by atoms with E-state index >= 15 is 0 Å². The average Bonchev–Trinajstić information content (AvgIpc) is 2.74. The maximum Gasteiger partial charge on any atom is 0.180 e. The van der Waals surface area contributed by atoms with Gasteiger partial charge in [-0.15, -0.1) is 0 Å². The molecule has 2 heterocycles. The van der Waals surface area contributed by atoms with Gasteiger partial charge in [0.1, 0.15) is 0 Å². The smallest absolute Gasteiger partial charge is 0.180 e. The molecule has 3 rings (SSSR count). The highest BCUT2D eigenvalue weighted by molar-refractivity contribution is 6.08. The summed E-state index contributed by atoms with van der Waals surface area (Å²) in [6.45, 7) is 3.66. The number of aromatic nitrogens is 2. The van der Waals surface area contributed by atoms with Gasteiger partial charge in [0.2, 0.25) is 0 Å². The SMILES string of the molecule is Cc1[nH]ccc2c3ccc(=O)cc3n(CCCCN)c12. The minimum absolute atomic E-state index is 0.0574. The van der Waals surface area contributed by atoms with Crippen molar-refractivity contribution in [2.24, 2.45) is 5.73 Å². The Morgan fingerprint density at radius 3 is 2.85 bits per heavy atom. The van der Waals surface area contributed by atoms with Gasteiger partial charge in [0.05, 0.1) is 11.0 Å². The quantitative estimate of drug-likeness (QED) is 0.715. The Kier molecular flexibility index (Phi) is 3.32. The lowest BCUT2D eigenvalue weighted by Gasteiger charge is -2.08. The van der Waals surface area contributed by atoms with Gasteiger partial charge in [0, 0.05) is 35.3 Å². The molecule has 0 aliphatic rings. The highest BCUT2D eigenvalue weighted by Crippen LogP contribution is 2.29. The maximum atomic E-state index is 11.7. The van der Waals surface area contributed by atoms with Gasteiger partial charge in [-0.2, -0.15) is 0 Å². The molecule has 4 heteroatoms. The van der Waals surface area contributed by atoms with Gasteiger partial charge >= 0.3 is 0 Å². The molecule has 0 radical (unpaired) electrons. The third kappa shape index (κ3) is 2.02. The van der Waals surface area contributed by atoms with Crippen LogP contribution in [-0.4, -0.2) is 16.1 Å². The minimum Gasteiger partial charge on any atom is -0.364 e. The molecule has 4 nitrogen and oxygen atoms in total. The Bertz CT molecular complexity index is 814. The summed E-state index contributed by atoms with van der Waals surface area (Å²) in [6, 6.07) is 7.38. The molecule has 3 aromatic rings. The summed E-state index contributed by atoms with van der Waals surface area (Å²) in [5.41, 5.74) is 8.97. The van der Waals surface area contributed by atoms with Gasteiger partial charge in [-0.3, -0.25) is 4.79 Å². The number of hydrogen-bond donors (Lipinski definition) is 2. The van der Waals surface area contributed by atoms with Crippen LogP contribution < -0.4 is 11.2 Å². The third-order valence-electron chi connectivity index (χ3n) is 3.82. The number of unbranched alkanes of at least 4 members (excludes halogenated alkanes) is 1. The molecule has 0 aliphatic heterocycles. The first-order chi connectivity index (χ1) is 9.72. The number of pyridine rings is 1. The Morgan fingerprint density at radius 2 is 2.05 bits per heavy atom. The van der Waals surface area contributed by atoms with Crippen molar-refractivity contribution in [2.45, 2.75) is 26.3 Å². The first-order valence-electron chi connectivity index (χ1n) is 7.02. The Hall–Kier alpha value is -2.07. The number of aromatic amines is 1. The van der Waals surface area contributed by atoms with Crippen LogP contribution in [0.25, 0.3) is 21.8 Å². The Balaban J connectivity index is 2.30. The van der Waals surface area contributed by atoms with Gasteiger partial charge in [0.25, 0.3) is 0 Å². The Labute approximate surface area is 117 Å². The van der Waals surface area contributed by atoms with E-state index in [-0.39, 0.29) is 5.43 Å². The van der Waals surface area contributed by atoms with Crippen LogP contribution in [0.4, 0.5) is 0 Å². The molecule has 0 saturated carbocycles. The number of nitrogens with zero attached hydrogens (tertiary/aromatic N) is 1. The lowest BCUT2D eigenvalue weighted by Crippen LogP contribution is -2.05. The summed E-state index contributed by atoms with van der Waals surface area (Å²) in [4.78, 5) is 14.9. The summed E-state index contributed by atoms with van der Waals surface area (Å²) in [7, 11) is 0. The standard InChI is InChI=1S/C16H19N3O/c1-11-16-14(6-8-18-11)13-5-4-12(20)10-15(13)19(16)9-3-2-7-17/h4-6,8,10,18H,2-3,7,9,17H2,1H3. The molecule has 0 bridgehead atoms. The van der Waals surface area contributed by atoms with Crippen LogP contribution in [0.5, 0.6) is 0 Å². The van der Waals surface area contributed by atoms with Crippen LogP contribution in [0.15, 0.2) is 35.3 Å². The zero-order valence-corrected chi connectivity index (χ0v) is 11.6. The molecule has 1 aromatic carbocycles. The van der Waals surface area contributed by atoms with E-state index < -0.39 is 0 Å². The number of nitrogens with two attached hydrogens (primary N) is 1. The summed E-state index contributed by atoms with van der Waals surface area (Å²) < 4.78 is 2.24. The van der Waals surface area contributed by atoms with Crippen LogP contribution in [0.1, 0.15) is 18.5 Å². The molecular formula is C16H19N3O. The van der Waals surface area contributed by atoms with E-state index in [1.807, 2.05) is 12.3 Å². The summed E-state index contributed by atoms with van der Waals surface area (Å²) in [5, 5.41) is 2.34. The first kappa shape index (κ1) is 12.9. The first-order valence-corrected chi connectivity index (χ1v) is 7.02. The molecule has 2 aromatic heterocycles. The van der Waals surface area contributed by atoms with Gasteiger partial charge in [0.15, 0.2) is 5.43 Å². The second-order valence-electron chi connectivity index (χ2n) is 5.19. The van der Waals surface area contributed by atoms with Crippen molar-refractivity contribution in [3.63, 3.8) is 0 Å². The number of rotatable bonds is 4. The molecule has 0 amide bonds. The second kappa shape index (κ2) is 5.13. The molecule has 20 heavy (non-hydrogen) atoms. The summed E-state index contributed by atoms with van der Waals surface area (Å²) >= 11 is 0. The van der Waals surface area contributed by atoms with E-state index in [0.717, 1.165) is 36.0 Å². The second-order valence-corrected chi connectivity index (χ2v) is 5.19. The molecule has 0 unspecified atom stereocenters. The summed E-state index contributed by atoms with van der Waals surface area (Å²) in [5.74, 6) is 0. The lowest BCUT2D eigenvalue weighted by molar-refractivity contribution is 0.641. The number of benzene rings is 1. The van der Waals surface area contributed by atoms with Crippen LogP contribution in [0, 0.1) is 6.92 Å². The molecule has 104 valence electrons. The predicted molar refractivity (Wildman–Crippen MR) is 83.1 cm³/mol. The molecule has 0 fully saturated rings. The normalized spacial score (nSPS) is 11.5. The zero-order valence-electron chi connectivity index (χ0n) is 11.6. The molecular weight excluding hydrogens is 250 g/mol. The van der Waals surface area contributed by atoms with Gasteiger partial charge < -0.3 is 15.3 Å². The van der Waals surface area contributed by atoms with Crippen molar-refractivity contribution in [1.29, 1.82) is 0 Å². The van der Waals surface area contributed by atoms with Crippen molar-refractivity contribution in [3.8, 4) is 0 Å². The molecule has 0 aliphatic carbocycles. The number of H-pyrrole nitrogens is 1. The number of aryl methyl sites for hydroxylation is 2. The molecule has 0 atom stereocenters. The van der Waals surface area contributed by atoms with Gasteiger partial charge in [-0.25, -0.2) is 0 Å². The molecule has 0 spiro atoms. The van der Waals surface area contributed by atoms with Crippen molar-refractivity contribution < 1.29 is 0 Å². The summed E-state index contributed by atoms with van der Waals surface area (Å²) in [6.07, 6.45) is 3.97. The van der Waals surface area contributed by atoms with Crippen molar-refractivity contribution in [1.82, 2.24) is 9.55 Å². The largest absolute Gasteiger partial charge is 0.364 e. The van der Waals surface area contributed by atoms with Crippen LogP contribution in [0.2, 0.25) is 0 Å². The fourth-order valence-electron chi connectivity index (χ4n) is 2.89. The van der Waals surface area contributed by atoms with E-state index in [2.05, 4.69) is 22.5 Å². The number of hydrogen-bond acceptors (Lipinski definition) is 2. The van der Waals surface area contributed by atoms with E-state index in [1.54, 1.807) is 12.1 Å². The van der Waals surface area contributed by atoms with Crippen LogP contribution >= 0.6 is 0 Å². The van der Waals surface area contributed by atoms with E-state index in [1.165, 1.54) is 10.9 Å². The third-order valence-corrected chi connectivity index (χ3v) is 3.82. The minimum atomic E-state index is 0.0574. The number of nitrogens with one attached hydrogen (secondary N) is 1. The highest BCUT2D eigenvalue weighted by atomic mass is 16.1. The van der Waals surface area contributed by atoms with Crippen molar-refractivity contribution in [3.05, 3.63) is 46.4 Å². The zero-order chi connectivity index (χ0) is 14.1. The van der Waals surface area contributed by atoms with Crippen LogP contribution in [0.3, 0.4) is 0 Å². The number of fused-ring (bicyclic) bond motifs is 3. The topological polar surface area (TPSA) is 63.8 Å². The molecule has 3 N–H and O–H groups in total. The predicted octanol–water partition coefficient (Wildman–Crippen LogP) is 2.53. The average molecular weight is 269 g/mol. The fraction of sp³-hybridized carbons (Fsp3) is 0.312. The van der Waals surface area contributed by atoms with E-state index in [9.17, 15) is 4.79 Å². The van der Waals surface area contributed by atoms with Crippen LogP contribution in [-0.2, 0) is 6.54 Å². The monoisotopic (exact) mass is 269 g/mol. The maximum absolute atomic E-state index is 11.7. The Morgan fingerprint density at radius 1 is 1.20 bits per heavy atom. The van der Waals surface area contributed by atoms with Gasteiger partial charge in [-0.1, -0.05) is 0 Å². The fourth-order valence-corrected chi connectivity index (χ4v) is 2.89.